The van der Waals surface area contributed by atoms with E-state index in [1.54, 1.807) is 0 Å². The van der Waals surface area contributed by atoms with E-state index >= 15 is 0 Å². The fourth-order valence-corrected chi connectivity index (χ4v) is 5.82. The third-order valence-corrected chi connectivity index (χ3v) is 6.66. The summed E-state index contributed by atoms with van der Waals surface area (Å²) in [6.07, 6.45) is 8.88. The average Bonchev–Trinajstić information content (AvgIpc) is 2.89. The van der Waals surface area contributed by atoms with Crippen LogP contribution in [0.25, 0.3) is 0 Å². The van der Waals surface area contributed by atoms with Gasteiger partial charge in [-0.1, -0.05) is 23.8 Å². The van der Waals surface area contributed by atoms with Gasteiger partial charge in [-0.2, -0.15) is 0 Å². The first kappa shape index (κ1) is 13.9. The van der Waals surface area contributed by atoms with Crippen LogP contribution >= 0.6 is 0 Å². The topological polar surface area (TPSA) is 52.9 Å². The summed E-state index contributed by atoms with van der Waals surface area (Å²) >= 11 is 0. The molecule has 0 amide bonds. The molecule has 2 bridgehead atoms. The van der Waals surface area contributed by atoms with Crippen molar-refractivity contribution in [1.29, 1.82) is 0 Å². The molecule has 2 aliphatic heterocycles. The molecule has 0 aromatic heterocycles. The molecule has 23 heavy (non-hydrogen) atoms. The highest BCUT2D eigenvalue weighted by atomic mass is 16.5. The Morgan fingerprint density at radius 1 is 1.39 bits per heavy atom. The van der Waals surface area contributed by atoms with Gasteiger partial charge in [0.2, 0.25) is 0 Å². The monoisotopic (exact) mass is 313 g/mol. The molecular weight excluding hydrogens is 290 g/mol. The van der Waals surface area contributed by atoms with Crippen molar-refractivity contribution < 1.29 is 14.9 Å². The summed E-state index contributed by atoms with van der Waals surface area (Å²) in [6, 6.07) is 0.454. The Morgan fingerprint density at radius 3 is 3.09 bits per heavy atom. The van der Waals surface area contributed by atoms with E-state index in [2.05, 4.69) is 17.6 Å². The lowest BCUT2D eigenvalue weighted by Gasteiger charge is -2.57. The zero-order valence-corrected chi connectivity index (χ0v) is 13.2. The number of aliphatic hydroxyl groups is 2. The van der Waals surface area contributed by atoms with Gasteiger partial charge >= 0.3 is 0 Å². The summed E-state index contributed by atoms with van der Waals surface area (Å²) in [5.74, 6) is 1.43. The van der Waals surface area contributed by atoms with Crippen molar-refractivity contribution in [3.8, 4) is 0 Å². The number of hydrogen-bond acceptors (Lipinski definition) is 4. The highest BCUT2D eigenvalue weighted by molar-refractivity contribution is 5.52. The van der Waals surface area contributed by atoms with Crippen LogP contribution in [0.2, 0.25) is 0 Å². The van der Waals surface area contributed by atoms with Crippen molar-refractivity contribution in [3.05, 3.63) is 47.5 Å². The van der Waals surface area contributed by atoms with Crippen molar-refractivity contribution in [1.82, 2.24) is 4.90 Å². The first-order valence-corrected chi connectivity index (χ1v) is 8.70. The molecule has 2 heterocycles. The molecule has 0 radical (unpaired) electrons. The number of ether oxygens (including phenoxy) is 1. The number of aliphatic hydroxyl groups excluding tert-OH is 2. The second-order valence-corrected chi connectivity index (χ2v) is 7.54. The van der Waals surface area contributed by atoms with Gasteiger partial charge < -0.3 is 14.9 Å². The van der Waals surface area contributed by atoms with Gasteiger partial charge in [0.1, 0.15) is 18.0 Å². The van der Waals surface area contributed by atoms with Gasteiger partial charge in [0.15, 0.2) is 5.76 Å². The fraction of sp³-hybridized carbons (Fsp3) is 0.579. The molecule has 4 heteroatoms. The molecule has 0 aromatic carbocycles. The van der Waals surface area contributed by atoms with Crippen LogP contribution in [-0.2, 0) is 4.74 Å². The standard InChI is InChI=1S/C19H23NO3/c1-2-8-20-9-7-19-12-4-6-15(22)18(19)23-17-14(21)5-3-11(16(17)19)10-13(12)20/h2,4,6,12-13,15,18,21-22H,1,3,5,7-10H2/t12-,13+,15-,18-,19-/m0/s1. The highest BCUT2D eigenvalue weighted by Gasteiger charge is 2.66. The predicted octanol–water partition coefficient (Wildman–Crippen LogP) is 2.44. The molecule has 1 spiro atoms. The minimum atomic E-state index is -0.587. The molecule has 3 aliphatic carbocycles. The Balaban J connectivity index is 1.73. The second kappa shape index (κ2) is 4.52. The van der Waals surface area contributed by atoms with Crippen LogP contribution in [0.5, 0.6) is 0 Å². The molecule has 0 unspecified atom stereocenters. The van der Waals surface area contributed by atoms with Crippen LogP contribution in [0, 0.1) is 11.3 Å². The summed E-state index contributed by atoms with van der Waals surface area (Å²) in [5, 5.41) is 20.9. The van der Waals surface area contributed by atoms with Gasteiger partial charge in [0.25, 0.3) is 0 Å². The molecule has 4 nitrogen and oxygen atoms in total. The smallest absolute Gasteiger partial charge is 0.161 e. The van der Waals surface area contributed by atoms with Crippen LogP contribution in [0.15, 0.2) is 47.5 Å². The van der Waals surface area contributed by atoms with Crippen molar-refractivity contribution in [3.63, 3.8) is 0 Å². The Kier molecular flexibility index (Phi) is 2.73. The minimum absolute atomic E-state index is 0.145. The Labute approximate surface area is 136 Å². The van der Waals surface area contributed by atoms with Crippen LogP contribution in [0.4, 0.5) is 0 Å². The lowest BCUT2D eigenvalue weighted by molar-refractivity contribution is -0.0825. The summed E-state index contributed by atoms with van der Waals surface area (Å²) in [4.78, 5) is 2.53. The molecule has 0 aromatic rings. The Bertz CT molecular complexity index is 676. The second-order valence-electron chi connectivity index (χ2n) is 7.54. The summed E-state index contributed by atoms with van der Waals surface area (Å²) in [7, 11) is 0. The molecule has 5 aliphatic rings. The van der Waals surface area contributed by atoms with Crippen molar-refractivity contribution >= 4 is 0 Å². The van der Waals surface area contributed by atoms with Crippen molar-refractivity contribution in [2.24, 2.45) is 11.3 Å². The van der Waals surface area contributed by atoms with Crippen LogP contribution in [0.3, 0.4) is 0 Å². The van der Waals surface area contributed by atoms with E-state index in [9.17, 15) is 10.2 Å². The number of allylic oxidation sites excluding steroid dienone is 2. The predicted molar refractivity (Wildman–Crippen MR) is 86.6 cm³/mol. The van der Waals surface area contributed by atoms with Crippen LogP contribution in [0.1, 0.15) is 25.7 Å². The van der Waals surface area contributed by atoms with Gasteiger partial charge in [-0.25, -0.2) is 0 Å². The van der Waals surface area contributed by atoms with Gasteiger partial charge in [0.05, 0.1) is 0 Å². The maximum atomic E-state index is 10.5. The van der Waals surface area contributed by atoms with Crippen LogP contribution in [-0.4, -0.2) is 46.5 Å². The summed E-state index contributed by atoms with van der Waals surface area (Å²) in [6.45, 7) is 5.82. The molecule has 5 atom stereocenters. The lowest BCUT2D eigenvalue weighted by atomic mass is 9.52. The third kappa shape index (κ3) is 1.54. The lowest BCUT2D eigenvalue weighted by Crippen LogP contribution is -2.62. The number of rotatable bonds is 2. The zero-order chi connectivity index (χ0) is 15.8. The van der Waals surface area contributed by atoms with Gasteiger partial charge in [-0.3, -0.25) is 4.90 Å². The Hall–Kier alpha value is -1.52. The van der Waals surface area contributed by atoms with Gasteiger partial charge in [-0.05, 0) is 25.8 Å². The fourth-order valence-electron chi connectivity index (χ4n) is 5.82. The number of hydrogen-bond donors (Lipinski definition) is 2. The molecule has 2 fully saturated rings. The molecule has 0 saturated carbocycles. The van der Waals surface area contributed by atoms with Crippen molar-refractivity contribution in [2.45, 2.75) is 43.9 Å². The number of piperidine rings is 1. The van der Waals surface area contributed by atoms with Gasteiger partial charge in [0, 0.05) is 35.9 Å². The molecule has 2 saturated heterocycles. The van der Waals surface area contributed by atoms with Crippen LogP contribution < -0.4 is 0 Å². The van der Waals surface area contributed by atoms with E-state index in [0.717, 1.165) is 32.4 Å². The Morgan fingerprint density at radius 2 is 2.26 bits per heavy atom. The molecular formula is C19H23NO3. The molecule has 5 rings (SSSR count). The third-order valence-electron chi connectivity index (χ3n) is 6.66. The maximum Gasteiger partial charge on any atom is 0.161 e. The van der Waals surface area contributed by atoms with Gasteiger partial charge in [-0.15, -0.1) is 6.58 Å². The summed E-state index contributed by atoms with van der Waals surface area (Å²) in [5.41, 5.74) is 2.54. The number of nitrogens with zero attached hydrogens (tertiary/aromatic N) is 1. The maximum absolute atomic E-state index is 10.5. The minimum Gasteiger partial charge on any atom is -0.508 e. The van der Waals surface area contributed by atoms with E-state index in [4.69, 9.17) is 4.74 Å². The van der Waals surface area contributed by atoms with E-state index in [1.165, 1.54) is 11.1 Å². The zero-order valence-electron chi connectivity index (χ0n) is 13.2. The molecule has 2 N–H and O–H groups in total. The number of likely N-dealkylation sites (tertiary alicyclic amines) is 1. The largest absolute Gasteiger partial charge is 0.508 e. The van der Waals surface area contributed by atoms with E-state index < -0.39 is 6.10 Å². The van der Waals surface area contributed by atoms with E-state index in [1.807, 2.05) is 12.2 Å². The summed E-state index contributed by atoms with van der Waals surface area (Å²) < 4.78 is 6.18. The first-order valence-electron chi connectivity index (χ1n) is 8.70. The average molecular weight is 313 g/mol. The van der Waals surface area contributed by atoms with E-state index in [0.29, 0.717) is 29.9 Å². The normalized spacial score (nSPS) is 44.2. The quantitative estimate of drug-likeness (QED) is 0.769. The SMILES string of the molecule is C=CCN1CC[C@]23C4=C5CCC(O)=C4O[C@H]2[C@@H](O)C=C[C@H]3[C@H]1C5. The molecule has 122 valence electrons. The van der Waals surface area contributed by atoms with Crippen molar-refractivity contribution in [2.75, 3.05) is 13.1 Å². The highest BCUT2D eigenvalue weighted by Crippen LogP contribution is 2.65. The van der Waals surface area contributed by atoms with E-state index in [-0.39, 0.29) is 11.5 Å². The first-order chi connectivity index (χ1) is 11.2.